The van der Waals surface area contributed by atoms with Crippen LogP contribution in [0.1, 0.15) is 25.7 Å². The van der Waals surface area contributed by atoms with E-state index in [1.807, 2.05) is 18.2 Å². The molecule has 0 bridgehead atoms. The average molecular weight is 448 g/mol. The molecule has 1 unspecified atom stereocenters. The van der Waals surface area contributed by atoms with Gasteiger partial charge in [0.15, 0.2) is 11.6 Å². The van der Waals surface area contributed by atoms with Crippen molar-refractivity contribution in [1.29, 1.82) is 0 Å². The van der Waals surface area contributed by atoms with Gasteiger partial charge in [-0.1, -0.05) is 17.7 Å². The number of hydrogen-bond donors (Lipinski definition) is 3. The minimum Gasteiger partial charge on any atom is -0.504 e. The predicted molar refractivity (Wildman–Crippen MR) is 120 cm³/mol. The van der Waals surface area contributed by atoms with Crippen molar-refractivity contribution in [1.82, 2.24) is 4.98 Å². The Kier molecular flexibility index (Phi) is 5.95. The molecular weight excluding hydrogens is 425 g/mol. The largest absolute Gasteiger partial charge is 0.504 e. The molecule has 1 fully saturated rings. The summed E-state index contributed by atoms with van der Waals surface area (Å²) in [6, 6.07) is 8.79. The summed E-state index contributed by atoms with van der Waals surface area (Å²) in [7, 11) is -1.23. The van der Waals surface area contributed by atoms with Crippen LogP contribution in [0.4, 0.5) is 10.1 Å². The van der Waals surface area contributed by atoms with Crippen molar-refractivity contribution in [2.45, 2.75) is 42.7 Å². The van der Waals surface area contributed by atoms with E-state index in [-0.39, 0.29) is 17.1 Å². The van der Waals surface area contributed by atoms with Gasteiger partial charge in [0, 0.05) is 29.9 Å². The van der Waals surface area contributed by atoms with Crippen molar-refractivity contribution < 1.29 is 13.7 Å². The van der Waals surface area contributed by atoms with Gasteiger partial charge in [-0.15, -0.1) is 0 Å². The summed E-state index contributed by atoms with van der Waals surface area (Å²) in [4.78, 5) is 5.09. The number of aromatic nitrogens is 1. The van der Waals surface area contributed by atoms with E-state index in [0.717, 1.165) is 47.8 Å². The van der Waals surface area contributed by atoms with Gasteiger partial charge in [-0.3, -0.25) is 9.19 Å². The number of phenolic OH excluding ortho intramolecular Hbond substituents is 1. The van der Waals surface area contributed by atoms with Crippen LogP contribution in [0.25, 0.3) is 22.0 Å². The maximum atomic E-state index is 14.0. The summed E-state index contributed by atoms with van der Waals surface area (Å²) in [6.07, 6.45) is 7.05. The lowest BCUT2D eigenvalue weighted by Crippen LogP contribution is -2.33. The molecule has 0 amide bonds. The van der Waals surface area contributed by atoms with Crippen LogP contribution in [0.3, 0.4) is 0 Å². The van der Waals surface area contributed by atoms with Gasteiger partial charge in [0.1, 0.15) is 0 Å². The SMILES string of the molecule is CS(=O)c1cnc2ccc(-c3cc(F)c(O)c(Cl)c3)cc2c1NC1CCC(N)CC1. The number of benzene rings is 2. The third-order valence-corrected chi connectivity index (χ3v) is 6.83. The second-order valence-electron chi connectivity index (χ2n) is 7.73. The first-order valence-corrected chi connectivity index (χ1v) is 11.7. The molecule has 0 aliphatic heterocycles. The first-order valence-electron chi connectivity index (χ1n) is 9.80. The third-order valence-electron chi connectivity index (χ3n) is 5.61. The van der Waals surface area contributed by atoms with Gasteiger partial charge in [-0.25, -0.2) is 4.39 Å². The molecule has 0 radical (unpaired) electrons. The molecular formula is C22H23ClFN3O2S. The Balaban J connectivity index is 1.82. The second-order valence-corrected chi connectivity index (χ2v) is 9.48. The van der Waals surface area contributed by atoms with E-state index in [4.69, 9.17) is 17.3 Å². The van der Waals surface area contributed by atoms with E-state index < -0.39 is 22.4 Å². The number of phenols is 1. The van der Waals surface area contributed by atoms with E-state index in [0.29, 0.717) is 10.5 Å². The molecule has 1 aliphatic rings. The number of halogens is 2. The van der Waals surface area contributed by atoms with Crippen molar-refractivity contribution in [2.75, 3.05) is 11.6 Å². The lowest BCUT2D eigenvalue weighted by atomic mass is 9.91. The van der Waals surface area contributed by atoms with E-state index in [1.54, 1.807) is 12.5 Å². The van der Waals surface area contributed by atoms with E-state index >= 15 is 0 Å². The number of fused-ring (bicyclic) bond motifs is 1. The Morgan fingerprint density at radius 1 is 1.20 bits per heavy atom. The summed E-state index contributed by atoms with van der Waals surface area (Å²) >= 11 is 5.96. The van der Waals surface area contributed by atoms with Crippen LogP contribution >= 0.6 is 11.6 Å². The fraction of sp³-hybridized carbons (Fsp3) is 0.318. The van der Waals surface area contributed by atoms with Crippen LogP contribution in [0.2, 0.25) is 5.02 Å². The maximum absolute atomic E-state index is 14.0. The van der Waals surface area contributed by atoms with E-state index in [1.165, 1.54) is 12.1 Å². The number of nitrogens with one attached hydrogen (secondary N) is 1. The van der Waals surface area contributed by atoms with Gasteiger partial charge in [-0.2, -0.15) is 0 Å². The molecule has 158 valence electrons. The Morgan fingerprint density at radius 3 is 2.60 bits per heavy atom. The molecule has 2 aromatic carbocycles. The number of hydrogen-bond acceptors (Lipinski definition) is 5. The summed E-state index contributed by atoms with van der Waals surface area (Å²) < 4.78 is 26.4. The summed E-state index contributed by atoms with van der Waals surface area (Å²) in [5.41, 5.74) is 8.82. The number of pyridine rings is 1. The highest BCUT2D eigenvalue weighted by atomic mass is 35.5. The Bertz CT molecular complexity index is 1110. The minimum absolute atomic E-state index is 0.0523. The number of aromatic hydroxyl groups is 1. The zero-order valence-corrected chi connectivity index (χ0v) is 18.1. The summed E-state index contributed by atoms with van der Waals surface area (Å²) in [5.74, 6) is -1.35. The Hall–Kier alpha value is -2.22. The van der Waals surface area contributed by atoms with Crippen LogP contribution < -0.4 is 11.1 Å². The fourth-order valence-electron chi connectivity index (χ4n) is 3.92. The molecule has 1 heterocycles. The van der Waals surface area contributed by atoms with E-state index in [9.17, 15) is 13.7 Å². The standard InChI is InChI=1S/C22H23ClFN3O2S/c1-30(29)20-11-26-19-7-2-12(13-9-17(23)22(28)18(24)10-13)8-16(19)21(20)27-15-5-3-14(25)4-6-15/h2,7-11,14-15,28H,3-6,25H2,1H3,(H,26,27). The number of nitrogens with two attached hydrogens (primary N) is 1. The first-order chi connectivity index (χ1) is 14.3. The van der Waals surface area contributed by atoms with Gasteiger partial charge in [0.25, 0.3) is 0 Å². The molecule has 3 aromatic rings. The predicted octanol–water partition coefficient (Wildman–Crippen LogP) is 4.82. The minimum atomic E-state index is -1.23. The Morgan fingerprint density at radius 2 is 1.93 bits per heavy atom. The summed E-state index contributed by atoms with van der Waals surface area (Å²) in [5, 5.41) is 14.0. The zero-order chi connectivity index (χ0) is 21.4. The fourth-order valence-corrected chi connectivity index (χ4v) is 4.79. The monoisotopic (exact) mass is 447 g/mol. The highest BCUT2D eigenvalue weighted by molar-refractivity contribution is 7.84. The molecule has 1 atom stereocenters. The third kappa shape index (κ3) is 4.15. The zero-order valence-electron chi connectivity index (χ0n) is 16.5. The van der Waals surface area contributed by atoms with Crippen LogP contribution in [0.15, 0.2) is 41.4 Å². The first kappa shape index (κ1) is 21.0. The normalized spacial score (nSPS) is 20.3. The molecule has 1 aliphatic carbocycles. The van der Waals surface area contributed by atoms with Gasteiger partial charge in [0.05, 0.1) is 31.9 Å². The topological polar surface area (TPSA) is 88.2 Å². The molecule has 30 heavy (non-hydrogen) atoms. The van der Waals surface area contributed by atoms with Crippen LogP contribution in [-0.2, 0) is 10.8 Å². The highest BCUT2D eigenvalue weighted by Crippen LogP contribution is 2.36. The van der Waals surface area contributed by atoms with Crippen molar-refractivity contribution >= 4 is 39.0 Å². The summed E-state index contributed by atoms with van der Waals surface area (Å²) in [6.45, 7) is 0. The molecule has 8 heteroatoms. The van der Waals surface area contributed by atoms with Crippen molar-refractivity contribution in [2.24, 2.45) is 5.73 Å². The molecule has 0 saturated heterocycles. The molecule has 4 rings (SSSR count). The molecule has 5 nitrogen and oxygen atoms in total. The van der Waals surface area contributed by atoms with Crippen LogP contribution in [0, 0.1) is 5.82 Å². The molecule has 1 aromatic heterocycles. The van der Waals surface area contributed by atoms with Crippen LogP contribution in [-0.4, -0.2) is 32.6 Å². The second kappa shape index (κ2) is 8.49. The quantitative estimate of drug-likeness (QED) is 0.533. The average Bonchev–Trinajstić information content (AvgIpc) is 2.73. The van der Waals surface area contributed by atoms with E-state index in [2.05, 4.69) is 10.3 Å². The molecule has 0 spiro atoms. The number of nitrogens with zero attached hydrogens (tertiary/aromatic N) is 1. The van der Waals surface area contributed by atoms with Gasteiger partial charge < -0.3 is 16.2 Å². The Labute approximate surface area is 181 Å². The number of anilines is 1. The van der Waals surface area contributed by atoms with Gasteiger partial charge in [-0.05, 0) is 61.1 Å². The van der Waals surface area contributed by atoms with Crippen LogP contribution in [0.5, 0.6) is 5.75 Å². The van der Waals surface area contributed by atoms with Gasteiger partial charge in [0.2, 0.25) is 0 Å². The van der Waals surface area contributed by atoms with Crippen molar-refractivity contribution in [3.05, 3.63) is 47.4 Å². The highest BCUT2D eigenvalue weighted by Gasteiger charge is 2.21. The molecule has 1 saturated carbocycles. The van der Waals surface area contributed by atoms with Gasteiger partial charge >= 0.3 is 0 Å². The smallest absolute Gasteiger partial charge is 0.170 e. The van der Waals surface area contributed by atoms with Crippen molar-refractivity contribution in [3.63, 3.8) is 0 Å². The molecule has 4 N–H and O–H groups in total. The lowest BCUT2D eigenvalue weighted by molar-refractivity contribution is 0.411. The number of rotatable bonds is 4. The van der Waals surface area contributed by atoms with Crippen molar-refractivity contribution in [3.8, 4) is 16.9 Å². The maximum Gasteiger partial charge on any atom is 0.170 e. The lowest BCUT2D eigenvalue weighted by Gasteiger charge is -2.28.